The SMILES string of the molecule is O=C1NCCOc2ccc(NCc3cnc(Cl)s3)cc21. The number of carbonyl (C=O) groups excluding carboxylic acids is 1. The maximum atomic E-state index is 11.9. The number of fused-ring (bicyclic) bond motifs is 1. The fourth-order valence-electron chi connectivity index (χ4n) is 1.92. The van der Waals surface area contributed by atoms with Gasteiger partial charge in [0.05, 0.1) is 18.7 Å². The van der Waals surface area contributed by atoms with Crippen LogP contribution >= 0.6 is 22.9 Å². The van der Waals surface area contributed by atoms with Gasteiger partial charge in [-0.15, -0.1) is 11.3 Å². The minimum absolute atomic E-state index is 0.109. The van der Waals surface area contributed by atoms with Gasteiger partial charge in [0, 0.05) is 16.8 Å². The number of ether oxygens (including phenoxy) is 1. The second-order valence-corrected chi connectivity index (χ2v) is 5.95. The molecule has 20 heavy (non-hydrogen) atoms. The zero-order chi connectivity index (χ0) is 13.9. The van der Waals surface area contributed by atoms with Gasteiger partial charge >= 0.3 is 0 Å². The minimum Gasteiger partial charge on any atom is -0.491 e. The van der Waals surface area contributed by atoms with E-state index >= 15 is 0 Å². The van der Waals surface area contributed by atoms with Crippen LogP contribution in [0, 0.1) is 0 Å². The third-order valence-corrected chi connectivity index (χ3v) is 3.98. The topological polar surface area (TPSA) is 63.2 Å². The normalized spacial score (nSPS) is 13.9. The van der Waals surface area contributed by atoms with E-state index in [-0.39, 0.29) is 5.91 Å². The predicted octanol–water partition coefficient (Wildman–Crippen LogP) is 2.53. The van der Waals surface area contributed by atoms with Crippen molar-refractivity contribution >= 4 is 34.5 Å². The van der Waals surface area contributed by atoms with Crippen molar-refractivity contribution in [3.05, 3.63) is 39.3 Å². The van der Waals surface area contributed by atoms with E-state index in [2.05, 4.69) is 15.6 Å². The largest absolute Gasteiger partial charge is 0.491 e. The van der Waals surface area contributed by atoms with Gasteiger partial charge in [0.1, 0.15) is 12.4 Å². The Bertz CT molecular complexity index is 644. The molecule has 1 aromatic heterocycles. The van der Waals surface area contributed by atoms with Crippen LogP contribution in [0.15, 0.2) is 24.4 Å². The van der Waals surface area contributed by atoms with Crippen LogP contribution in [0.25, 0.3) is 0 Å². The molecular formula is C13H12ClN3O2S. The van der Waals surface area contributed by atoms with E-state index < -0.39 is 0 Å². The summed E-state index contributed by atoms with van der Waals surface area (Å²) in [7, 11) is 0. The van der Waals surface area contributed by atoms with Crippen LogP contribution in [0.5, 0.6) is 5.75 Å². The highest BCUT2D eigenvalue weighted by molar-refractivity contribution is 7.15. The molecule has 1 aliphatic rings. The second-order valence-electron chi connectivity index (χ2n) is 4.25. The fourth-order valence-corrected chi connectivity index (χ4v) is 2.84. The molecular weight excluding hydrogens is 298 g/mol. The Morgan fingerprint density at radius 1 is 1.50 bits per heavy atom. The zero-order valence-electron chi connectivity index (χ0n) is 10.5. The van der Waals surface area contributed by atoms with E-state index in [4.69, 9.17) is 16.3 Å². The number of amides is 1. The van der Waals surface area contributed by atoms with E-state index in [9.17, 15) is 4.79 Å². The molecule has 0 unspecified atom stereocenters. The number of hydrogen-bond acceptors (Lipinski definition) is 5. The van der Waals surface area contributed by atoms with Crippen molar-refractivity contribution in [2.75, 3.05) is 18.5 Å². The number of thiazole rings is 1. The summed E-state index contributed by atoms with van der Waals surface area (Å²) in [5.74, 6) is 0.508. The van der Waals surface area contributed by atoms with Crippen molar-refractivity contribution < 1.29 is 9.53 Å². The Hall–Kier alpha value is -1.79. The average Bonchev–Trinajstić information content (AvgIpc) is 2.78. The number of carbonyl (C=O) groups is 1. The van der Waals surface area contributed by atoms with Gasteiger partial charge in [-0.2, -0.15) is 0 Å². The lowest BCUT2D eigenvalue weighted by atomic mass is 10.1. The first-order chi connectivity index (χ1) is 9.72. The third kappa shape index (κ3) is 2.86. The first-order valence-electron chi connectivity index (χ1n) is 6.11. The Morgan fingerprint density at radius 2 is 2.40 bits per heavy atom. The number of benzene rings is 1. The van der Waals surface area contributed by atoms with Crippen molar-refractivity contribution in [3.8, 4) is 5.75 Å². The Kier molecular flexibility index (Phi) is 3.75. The zero-order valence-corrected chi connectivity index (χ0v) is 12.1. The standard InChI is InChI=1S/C13H12ClN3O2S/c14-13-17-7-9(20-13)6-16-8-1-2-11-10(5-8)12(18)15-3-4-19-11/h1-2,5,7,16H,3-4,6H2,(H,15,18). The molecule has 7 heteroatoms. The molecule has 0 spiro atoms. The van der Waals surface area contributed by atoms with Crippen molar-refractivity contribution in [1.82, 2.24) is 10.3 Å². The molecule has 1 aliphatic heterocycles. The molecule has 0 aliphatic carbocycles. The van der Waals surface area contributed by atoms with Gasteiger partial charge in [0.15, 0.2) is 4.47 Å². The molecule has 0 saturated carbocycles. The number of aromatic nitrogens is 1. The van der Waals surface area contributed by atoms with E-state index in [1.54, 1.807) is 12.3 Å². The van der Waals surface area contributed by atoms with Gasteiger partial charge in [0.25, 0.3) is 5.91 Å². The van der Waals surface area contributed by atoms with Crippen molar-refractivity contribution in [1.29, 1.82) is 0 Å². The molecule has 2 aromatic rings. The molecule has 2 heterocycles. The maximum Gasteiger partial charge on any atom is 0.255 e. The van der Waals surface area contributed by atoms with Crippen LogP contribution in [-0.4, -0.2) is 24.0 Å². The highest BCUT2D eigenvalue weighted by Gasteiger charge is 2.16. The third-order valence-electron chi connectivity index (χ3n) is 2.86. The first-order valence-corrected chi connectivity index (χ1v) is 7.31. The number of nitrogens with zero attached hydrogens (tertiary/aromatic N) is 1. The van der Waals surface area contributed by atoms with Crippen LogP contribution < -0.4 is 15.4 Å². The molecule has 0 bridgehead atoms. The van der Waals surface area contributed by atoms with Crippen molar-refractivity contribution in [3.63, 3.8) is 0 Å². The summed E-state index contributed by atoms with van der Waals surface area (Å²) in [6.45, 7) is 1.63. The van der Waals surface area contributed by atoms with Crippen LogP contribution in [-0.2, 0) is 6.54 Å². The number of halogens is 1. The summed E-state index contributed by atoms with van der Waals surface area (Å²) in [6, 6.07) is 5.49. The van der Waals surface area contributed by atoms with E-state index in [0.29, 0.717) is 35.5 Å². The molecule has 0 saturated heterocycles. The smallest absolute Gasteiger partial charge is 0.255 e. The summed E-state index contributed by atoms with van der Waals surface area (Å²) in [5.41, 5.74) is 1.41. The molecule has 0 atom stereocenters. The van der Waals surface area contributed by atoms with Crippen LogP contribution in [0.3, 0.4) is 0 Å². The molecule has 2 N–H and O–H groups in total. The molecule has 1 aromatic carbocycles. The minimum atomic E-state index is -0.109. The van der Waals surface area contributed by atoms with Gasteiger partial charge in [0.2, 0.25) is 0 Å². The second kappa shape index (κ2) is 5.68. The van der Waals surface area contributed by atoms with Crippen LogP contribution in [0.1, 0.15) is 15.2 Å². The van der Waals surface area contributed by atoms with Gasteiger partial charge in [-0.25, -0.2) is 4.98 Å². The molecule has 3 rings (SSSR count). The maximum absolute atomic E-state index is 11.9. The number of rotatable bonds is 3. The molecule has 5 nitrogen and oxygen atoms in total. The molecule has 0 fully saturated rings. The van der Waals surface area contributed by atoms with Gasteiger partial charge in [-0.3, -0.25) is 4.79 Å². The van der Waals surface area contributed by atoms with Gasteiger partial charge in [-0.1, -0.05) is 11.6 Å². The summed E-state index contributed by atoms with van der Waals surface area (Å²) in [6.07, 6.45) is 1.74. The average molecular weight is 310 g/mol. The fraction of sp³-hybridized carbons (Fsp3) is 0.231. The predicted molar refractivity (Wildman–Crippen MR) is 78.7 cm³/mol. The van der Waals surface area contributed by atoms with Crippen LogP contribution in [0.4, 0.5) is 5.69 Å². The summed E-state index contributed by atoms with van der Waals surface area (Å²) in [4.78, 5) is 16.9. The Morgan fingerprint density at radius 3 is 3.20 bits per heavy atom. The highest BCUT2D eigenvalue weighted by Crippen LogP contribution is 2.25. The van der Waals surface area contributed by atoms with Gasteiger partial charge in [-0.05, 0) is 18.2 Å². The van der Waals surface area contributed by atoms with E-state index in [0.717, 1.165) is 10.6 Å². The summed E-state index contributed by atoms with van der Waals surface area (Å²) in [5, 5.41) is 6.03. The van der Waals surface area contributed by atoms with Crippen molar-refractivity contribution in [2.45, 2.75) is 6.54 Å². The quantitative estimate of drug-likeness (QED) is 0.914. The Labute approximate surface area is 124 Å². The molecule has 0 radical (unpaired) electrons. The van der Waals surface area contributed by atoms with Crippen LogP contribution in [0.2, 0.25) is 4.47 Å². The molecule has 1 amide bonds. The number of anilines is 1. The summed E-state index contributed by atoms with van der Waals surface area (Å²) >= 11 is 7.21. The van der Waals surface area contributed by atoms with Gasteiger partial charge < -0.3 is 15.4 Å². The van der Waals surface area contributed by atoms with E-state index in [1.807, 2.05) is 12.1 Å². The molecule has 104 valence electrons. The highest BCUT2D eigenvalue weighted by atomic mass is 35.5. The number of nitrogens with one attached hydrogen (secondary N) is 2. The lowest BCUT2D eigenvalue weighted by Gasteiger charge is -2.09. The van der Waals surface area contributed by atoms with Crippen molar-refractivity contribution in [2.24, 2.45) is 0 Å². The van der Waals surface area contributed by atoms with E-state index in [1.165, 1.54) is 11.3 Å². The lowest BCUT2D eigenvalue weighted by molar-refractivity contribution is 0.0957. The summed E-state index contributed by atoms with van der Waals surface area (Å²) < 4.78 is 6.03. The first kappa shape index (κ1) is 13.2. The lowest BCUT2D eigenvalue weighted by Crippen LogP contribution is -2.24. The number of hydrogen-bond donors (Lipinski definition) is 2. The monoisotopic (exact) mass is 309 g/mol. The Balaban J connectivity index is 1.76.